The number of furan rings is 1. The molecule has 0 saturated carbocycles. The van der Waals surface area contributed by atoms with Crippen LogP contribution in [-0.2, 0) is 16.4 Å². The van der Waals surface area contributed by atoms with Gasteiger partial charge in [-0.15, -0.1) is 0 Å². The normalized spacial score (nSPS) is 14.4. The van der Waals surface area contributed by atoms with E-state index in [4.69, 9.17) is 10.2 Å². The van der Waals surface area contributed by atoms with Crippen molar-refractivity contribution in [2.75, 3.05) is 37.6 Å². The molecule has 5 aromatic rings. The molecule has 0 spiro atoms. The Morgan fingerprint density at radius 3 is 2.47 bits per heavy atom. The smallest absolute Gasteiger partial charge is 0.284 e. The zero-order valence-corrected chi connectivity index (χ0v) is 24.8. The summed E-state index contributed by atoms with van der Waals surface area (Å²) in [6.07, 6.45) is 4.33. The van der Waals surface area contributed by atoms with Gasteiger partial charge in [0.15, 0.2) is 5.76 Å². The first-order valence-corrected chi connectivity index (χ1v) is 15.8. The van der Waals surface area contributed by atoms with E-state index in [-0.39, 0.29) is 10.7 Å². The molecule has 1 aliphatic heterocycles. The molecule has 3 aromatic carbocycles. The third-order valence-electron chi connectivity index (χ3n) is 8.21. The van der Waals surface area contributed by atoms with Gasteiger partial charge in [-0.3, -0.25) is 9.69 Å². The minimum absolute atomic E-state index is 0.167. The van der Waals surface area contributed by atoms with E-state index in [1.165, 1.54) is 3.97 Å². The number of hydrogen-bond donors (Lipinski definition) is 1. The molecule has 1 amide bonds. The Bertz CT molecular complexity index is 1960. The van der Waals surface area contributed by atoms with E-state index in [1.54, 1.807) is 54.7 Å². The van der Waals surface area contributed by atoms with Crippen LogP contribution in [0.1, 0.15) is 40.1 Å². The molecule has 0 unspecified atom stereocenters. The number of aromatic nitrogens is 1. The number of carbonyl (C=O) groups excluding carboxylic acids is 1. The van der Waals surface area contributed by atoms with Crippen molar-refractivity contribution in [3.8, 4) is 6.07 Å². The quantitative estimate of drug-likeness (QED) is 0.237. The van der Waals surface area contributed by atoms with Crippen LogP contribution in [-0.4, -0.2) is 55.9 Å². The summed E-state index contributed by atoms with van der Waals surface area (Å²) in [5.41, 5.74) is 10.1. The van der Waals surface area contributed by atoms with Gasteiger partial charge in [-0.25, -0.2) is 12.4 Å². The maximum absolute atomic E-state index is 13.5. The Balaban J connectivity index is 1.08. The number of carbonyl (C=O) groups is 1. The van der Waals surface area contributed by atoms with E-state index >= 15 is 0 Å². The number of nitrogens with zero attached hydrogens (tertiary/aromatic N) is 4. The fraction of sp³-hybridized carbons (Fsp3) is 0.273. The highest BCUT2D eigenvalue weighted by molar-refractivity contribution is 7.90. The van der Waals surface area contributed by atoms with Crippen molar-refractivity contribution in [3.05, 3.63) is 95.4 Å². The van der Waals surface area contributed by atoms with E-state index < -0.39 is 15.9 Å². The Labute approximate surface area is 250 Å². The van der Waals surface area contributed by atoms with Gasteiger partial charge in [0, 0.05) is 48.8 Å². The first kappa shape index (κ1) is 28.5. The molecule has 220 valence electrons. The van der Waals surface area contributed by atoms with Gasteiger partial charge in [0.1, 0.15) is 5.58 Å². The van der Waals surface area contributed by atoms with Crippen molar-refractivity contribution in [2.24, 2.45) is 5.73 Å². The second-order valence-electron chi connectivity index (χ2n) is 11.1. The number of rotatable bonds is 9. The SMILES string of the molecule is Cc1ccc(S(=O)(=O)n2cc(CCCCN3CCN(c4ccc5oc(C(N)=O)cc5c4)CC3)c3cc(C#N)ccc32)cc1. The topological polar surface area (TPSA) is 126 Å². The van der Waals surface area contributed by atoms with E-state index in [9.17, 15) is 18.5 Å². The van der Waals surface area contributed by atoms with Gasteiger partial charge in [0.2, 0.25) is 0 Å². The first-order valence-electron chi connectivity index (χ1n) is 14.4. The molecular weight excluding hydrogens is 562 g/mol. The van der Waals surface area contributed by atoms with E-state index in [0.29, 0.717) is 16.7 Å². The van der Waals surface area contributed by atoms with Crippen molar-refractivity contribution < 1.29 is 17.6 Å². The summed E-state index contributed by atoms with van der Waals surface area (Å²) in [5.74, 6) is -0.406. The third-order valence-corrected chi connectivity index (χ3v) is 9.90. The maximum Gasteiger partial charge on any atom is 0.284 e. The lowest BCUT2D eigenvalue weighted by atomic mass is 10.1. The molecule has 2 N–H and O–H groups in total. The highest BCUT2D eigenvalue weighted by atomic mass is 32.2. The maximum atomic E-state index is 13.5. The zero-order chi connectivity index (χ0) is 30.1. The largest absolute Gasteiger partial charge is 0.451 e. The van der Waals surface area contributed by atoms with E-state index in [1.807, 2.05) is 25.1 Å². The molecule has 0 atom stereocenters. The molecule has 0 aliphatic carbocycles. The number of piperazine rings is 1. The second kappa shape index (κ2) is 11.6. The molecule has 1 fully saturated rings. The third kappa shape index (κ3) is 5.74. The van der Waals surface area contributed by atoms with Crippen LogP contribution < -0.4 is 10.6 Å². The number of amides is 1. The van der Waals surface area contributed by atoms with Gasteiger partial charge < -0.3 is 15.1 Å². The second-order valence-corrected chi connectivity index (χ2v) is 12.9. The van der Waals surface area contributed by atoms with Crippen LogP contribution in [0.4, 0.5) is 5.69 Å². The van der Waals surface area contributed by atoms with E-state index in [0.717, 1.165) is 79.6 Å². The number of benzene rings is 3. The van der Waals surface area contributed by atoms with Crippen LogP contribution in [0.15, 0.2) is 82.2 Å². The van der Waals surface area contributed by atoms with Crippen LogP contribution in [0.3, 0.4) is 0 Å². The number of nitrogens with two attached hydrogens (primary N) is 1. The van der Waals surface area contributed by atoms with Crippen molar-refractivity contribution >= 4 is 43.5 Å². The molecule has 3 heterocycles. The summed E-state index contributed by atoms with van der Waals surface area (Å²) in [6, 6.07) is 21.8. The Hall–Kier alpha value is -4.59. The molecule has 2 aromatic heterocycles. The molecular formula is C33H33N5O4S. The summed E-state index contributed by atoms with van der Waals surface area (Å²) in [4.78, 5) is 16.5. The van der Waals surface area contributed by atoms with Gasteiger partial charge in [-0.1, -0.05) is 17.7 Å². The molecule has 1 aliphatic rings. The minimum atomic E-state index is -3.78. The average Bonchev–Trinajstić information content (AvgIpc) is 3.61. The van der Waals surface area contributed by atoms with Gasteiger partial charge in [0.05, 0.1) is 22.0 Å². The Kier molecular flexibility index (Phi) is 7.69. The predicted molar refractivity (Wildman–Crippen MR) is 167 cm³/mol. The summed E-state index contributed by atoms with van der Waals surface area (Å²) in [5, 5.41) is 11.1. The predicted octanol–water partition coefficient (Wildman–Crippen LogP) is 5.05. The molecule has 43 heavy (non-hydrogen) atoms. The molecule has 0 radical (unpaired) electrons. The lowest BCUT2D eigenvalue weighted by Gasteiger charge is -2.36. The van der Waals surface area contributed by atoms with E-state index in [2.05, 4.69) is 15.9 Å². The van der Waals surface area contributed by atoms with Crippen LogP contribution >= 0.6 is 0 Å². The van der Waals surface area contributed by atoms with Gasteiger partial charge >= 0.3 is 0 Å². The molecule has 10 heteroatoms. The van der Waals surface area contributed by atoms with Crippen molar-refractivity contribution in [2.45, 2.75) is 31.1 Å². The molecule has 0 bridgehead atoms. The molecule has 6 rings (SSSR count). The number of hydrogen-bond acceptors (Lipinski definition) is 7. The minimum Gasteiger partial charge on any atom is -0.451 e. The molecule has 1 saturated heterocycles. The number of primary amides is 1. The van der Waals surface area contributed by atoms with Crippen LogP contribution in [0.2, 0.25) is 0 Å². The monoisotopic (exact) mass is 595 g/mol. The van der Waals surface area contributed by atoms with Crippen molar-refractivity contribution in [3.63, 3.8) is 0 Å². The highest BCUT2D eigenvalue weighted by Crippen LogP contribution is 2.29. The summed E-state index contributed by atoms with van der Waals surface area (Å²) >= 11 is 0. The Morgan fingerprint density at radius 2 is 1.74 bits per heavy atom. The lowest BCUT2D eigenvalue weighted by Crippen LogP contribution is -2.46. The summed E-state index contributed by atoms with van der Waals surface area (Å²) in [6.45, 7) is 6.56. The molecule has 9 nitrogen and oxygen atoms in total. The van der Waals surface area contributed by atoms with Gasteiger partial charge in [0.25, 0.3) is 15.9 Å². The van der Waals surface area contributed by atoms with Crippen molar-refractivity contribution in [1.29, 1.82) is 5.26 Å². The first-order chi connectivity index (χ1) is 20.7. The van der Waals surface area contributed by atoms with Crippen LogP contribution in [0.5, 0.6) is 0 Å². The summed E-state index contributed by atoms with van der Waals surface area (Å²) in [7, 11) is -3.78. The highest BCUT2D eigenvalue weighted by Gasteiger charge is 2.22. The number of unbranched alkanes of at least 4 members (excludes halogenated alkanes) is 1. The average molecular weight is 596 g/mol. The van der Waals surface area contributed by atoms with Gasteiger partial charge in [-0.05, 0) is 92.9 Å². The Morgan fingerprint density at radius 1 is 0.977 bits per heavy atom. The number of anilines is 1. The fourth-order valence-corrected chi connectivity index (χ4v) is 7.18. The number of fused-ring (bicyclic) bond motifs is 2. The fourth-order valence-electron chi connectivity index (χ4n) is 5.79. The lowest BCUT2D eigenvalue weighted by molar-refractivity contribution is 0.0976. The van der Waals surface area contributed by atoms with Crippen LogP contribution in [0, 0.1) is 18.3 Å². The number of nitriles is 1. The standard InChI is InChI=1S/C33H33N5O4S/c1-23-5-9-28(10-6-23)43(40,41)38-22-25(29-18-24(21-34)7-11-30(29)38)4-2-3-13-36-14-16-37(17-15-36)27-8-12-31-26(19-27)20-32(42-31)33(35)39/h5-12,18-20,22H,2-4,13-17H2,1H3,(H2,35,39). The van der Waals surface area contributed by atoms with Crippen molar-refractivity contribution in [1.82, 2.24) is 8.87 Å². The summed E-state index contributed by atoms with van der Waals surface area (Å²) < 4.78 is 34.0. The zero-order valence-electron chi connectivity index (χ0n) is 24.0. The van der Waals surface area contributed by atoms with Crippen LogP contribution in [0.25, 0.3) is 21.9 Å². The number of aryl methyl sites for hydroxylation is 2. The van der Waals surface area contributed by atoms with Gasteiger partial charge in [-0.2, -0.15) is 5.26 Å².